The number of amides is 1. The highest BCUT2D eigenvalue weighted by Gasteiger charge is 2.37. The molecule has 33 heavy (non-hydrogen) atoms. The molecule has 3 aromatic rings. The minimum Gasteiger partial charge on any atom is -0.480 e. The predicted octanol–water partition coefficient (Wildman–Crippen LogP) is 4.71. The van der Waals surface area contributed by atoms with Crippen molar-refractivity contribution in [3.05, 3.63) is 99.5 Å². The molecule has 0 saturated heterocycles. The van der Waals surface area contributed by atoms with Gasteiger partial charge in [-0.05, 0) is 36.2 Å². The number of anilines is 1. The fraction of sp³-hybridized carbons (Fsp3) is 0.200. The molecule has 0 spiro atoms. The van der Waals surface area contributed by atoms with Crippen molar-refractivity contribution in [2.24, 2.45) is 0 Å². The molecular weight excluding hydrogens is 463 g/mol. The Labute approximate surface area is 201 Å². The molecule has 0 fully saturated rings. The van der Waals surface area contributed by atoms with Gasteiger partial charge in [0.25, 0.3) is 5.91 Å². The normalized spacial score (nSPS) is 18.7. The lowest BCUT2D eigenvalue weighted by molar-refractivity contribution is -0.138. The Kier molecular flexibility index (Phi) is 7.30. The Hall–Kier alpha value is -2.90. The maximum atomic E-state index is 13.3. The van der Waals surface area contributed by atoms with E-state index in [0.29, 0.717) is 33.3 Å². The standard InChI is InChI=1S/C25H22Cl2N2O4/c26-16-10-11-20-18(13-16)23(17-8-4-5-9-19(17)27)33-24(25(32)29-20)21(28-14-22(30)31)12-15-6-2-1-3-7-15/h1-11,13,21,23-24,28H,12,14H2,(H,29,32)(H,30,31). The Bertz CT molecular complexity index is 1160. The van der Waals surface area contributed by atoms with E-state index in [2.05, 4.69) is 10.6 Å². The van der Waals surface area contributed by atoms with E-state index >= 15 is 0 Å². The molecule has 0 aliphatic carbocycles. The molecule has 1 heterocycles. The Morgan fingerprint density at radius 3 is 2.48 bits per heavy atom. The van der Waals surface area contributed by atoms with Gasteiger partial charge in [0.2, 0.25) is 0 Å². The number of ether oxygens (including phenoxy) is 1. The number of carbonyl (C=O) groups is 2. The van der Waals surface area contributed by atoms with Crippen LogP contribution in [0.2, 0.25) is 10.0 Å². The lowest BCUT2D eigenvalue weighted by Crippen LogP contribution is -2.50. The zero-order valence-corrected chi connectivity index (χ0v) is 19.0. The number of carbonyl (C=O) groups excluding carboxylic acids is 1. The highest BCUT2D eigenvalue weighted by atomic mass is 35.5. The zero-order valence-electron chi connectivity index (χ0n) is 17.5. The van der Waals surface area contributed by atoms with Crippen molar-refractivity contribution in [3.63, 3.8) is 0 Å². The molecule has 170 valence electrons. The van der Waals surface area contributed by atoms with Gasteiger partial charge in [-0.2, -0.15) is 0 Å². The highest BCUT2D eigenvalue weighted by molar-refractivity contribution is 6.31. The van der Waals surface area contributed by atoms with Gasteiger partial charge in [0.1, 0.15) is 6.10 Å². The predicted molar refractivity (Wildman–Crippen MR) is 128 cm³/mol. The second-order valence-corrected chi connectivity index (χ2v) is 8.59. The number of fused-ring (bicyclic) bond motifs is 1. The summed E-state index contributed by atoms with van der Waals surface area (Å²) >= 11 is 12.8. The SMILES string of the molecule is O=C(O)CNC(Cc1ccccc1)C1OC(c2ccccc2Cl)c2cc(Cl)ccc2NC1=O. The number of halogens is 2. The van der Waals surface area contributed by atoms with Crippen molar-refractivity contribution in [2.45, 2.75) is 24.7 Å². The van der Waals surface area contributed by atoms with Crippen molar-refractivity contribution in [1.29, 1.82) is 0 Å². The fourth-order valence-corrected chi connectivity index (χ4v) is 4.34. The summed E-state index contributed by atoms with van der Waals surface area (Å²) in [5.41, 5.74) is 2.86. The number of carboxylic acid groups (broad SMARTS) is 1. The van der Waals surface area contributed by atoms with Crippen LogP contribution in [0.5, 0.6) is 0 Å². The van der Waals surface area contributed by atoms with Crippen LogP contribution in [0.1, 0.15) is 22.8 Å². The van der Waals surface area contributed by atoms with Crippen LogP contribution in [-0.4, -0.2) is 35.7 Å². The summed E-state index contributed by atoms with van der Waals surface area (Å²) in [4.78, 5) is 24.6. The summed E-state index contributed by atoms with van der Waals surface area (Å²) in [6.07, 6.45) is -1.31. The van der Waals surface area contributed by atoms with Crippen LogP contribution in [-0.2, 0) is 20.7 Å². The fourth-order valence-electron chi connectivity index (χ4n) is 3.93. The van der Waals surface area contributed by atoms with Gasteiger partial charge in [0, 0.05) is 32.9 Å². The Balaban J connectivity index is 1.76. The van der Waals surface area contributed by atoms with Crippen molar-refractivity contribution < 1.29 is 19.4 Å². The zero-order chi connectivity index (χ0) is 23.4. The Morgan fingerprint density at radius 1 is 1.03 bits per heavy atom. The maximum Gasteiger partial charge on any atom is 0.317 e. The van der Waals surface area contributed by atoms with Gasteiger partial charge < -0.3 is 20.5 Å². The number of rotatable bonds is 7. The second-order valence-electron chi connectivity index (χ2n) is 7.75. The Morgan fingerprint density at radius 2 is 1.76 bits per heavy atom. The third kappa shape index (κ3) is 5.54. The molecule has 8 heteroatoms. The van der Waals surface area contributed by atoms with Crippen LogP contribution in [0.3, 0.4) is 0 Å². The largest absolute Gasteiger partial charge is 0.480 e. The summed E-state index contributed by atoms with van der Waals surface area (Å²) in [5.74, 6) is -1.41. The number of carboxylic acids is 1. The third-order valence-electron chi connectivity index (χ3n) is 5.46. The molecule has 3 N–H and O–H groups in total. The van der Waals surface area contributed by atoms with Gasteiger partial charge in [-0.1, -0.05) is 71.7 Å². The summed E-state index contributed by atoms with van der Waals surface area (Å²) in [6, 6.07) is 21.3. The molecule has 1 aliphatic heterocycles. The summed E-state index contributed by atoms with van der Waals surface area (Å²) in [7, 11) is 0. The van der Waals surface area contributed by atoms with E-state index in [1.807, 2.05) is 48.5 Å². The van der Waals surface area contributed by atoms with Crippen molar-refractivity contribution in [3.8, 4) is 0 Å². The van der Waals surface area contributed by atoms with E-state index in [-0.39, 0.29) is 12.5 Å². The third-order valence-corrected chi connectivity index (χ3v) is 6.04. The van der Waals surface area contributed by atoms with Crippen LogP contribution >= 0.6 is 23.2 Å². The number of nitrogens with one attached hydrogen (secondary N) is 2. The number of hydrogen-bond acceptors (Lipinski definition) is 4. The van der Waals surface area contributed by atoms with Crippen molar-refractivity contribution in [2.75, 3.05) is 11.9 Å². The lowest BCUT2D eigenvalue weighted by Gasteiger charge is -2.29. The molecule has 0 aromatic heterocycles. The molecule has 0 saturated carbocycles. The first-order valence-electron chi connectivity index (χ1n) is 10.4. The van der Waals surface area contributed by atoms with Crippen LogP contribution in [0.25, 0.3) is 0 Å². The van der Waals surface area contributed by atoms with Gasteiger partial charge in [0.15, 0.2) is 6.10 Å². The van der Waals surface area contributed by atoms with E-state index in [1.165, 1.54) is 0 Å². The summed E-state index contributed by atoms with van der Waals surface area (Å²) < 4.78 is 6.43. The van der Waals surface area contributed by atoms with Gasteiger partial charge in [-0.15, -0.1) is 0 Å². The topological polar surface area (TPSA) is 87.7 Å². The van der Waals surface area contributed by atoms with Crippen LogP contribution in [0, 0.1) is 0 Å². The van der Waals surface area contributed by atoms with Crippen molar-refractivity contribution in [1.82, 2.24) is 5.32 Å². The maximum absolute atomic E-state index is 13.3. The molecule has 4 rings (SSSR count). The van der Waals surface area contributed by atoms with E-state index in [4.69, 9.17) is 27.9 Å². The number of aliphatic carboxylic acids is 1. The molecule has 0 radical (unpaired) electrons. The first-order chi connectivity index (χ1) is 15.9. The summed E-state index contributed by atoms with van der Waals surface area (Å²) in [5, 5.41) is 16.1. The quantitative estimate of drug-likeness (QED) is 0.452. The molecule has 1 aliphatic rings. The van der Waals surface area contributed by atoms with E-state index in [1.54, 1.807) is 24.3 Å². The monoisotopic (exact) mass is 484 g/mol. The lowest BCUT2D eigenvalue weighted by atomic mass is 9.98. The van der Waals surface area contributed by atoms with Crippen LogP contribution in [0.15, 0.2) is 72.8 Å². The highest BCUT2D eigenvalue weighted by Crippen LogP contribution is 2.40. The average molecular weight is 485 g/mol. The van der Waals surface area contributed by atoms with Gasteiger partial charge in [0.05, 0.1) is 6.54 Å². The van der Waals surface area contributed by atoms with Gasteiger partial charge >= 0.3 is 5.97 Å². The van der Waals surface area contributed by atoms with Gasteiger partial charge in [-0.3, -0.25) is 9.59 Å². The number of benzene rings is 3. The molecule has 3 unspecified atom stereocenters. The number of hydrogen-bond donors (Lipinski definition) is 3. The second kappa shape index (κ2) is 10.4. The minimum atomic E-state index is -1.03. The molecule has 3 atom stereocenters. The van der Waals surface area contributed by atoms with Crippen LogP contribution < -0.4 is 10.6 Å². The average Bonchev–Trinajstić information content (AvgIpc) is 2.93. The van der Waals surface area contributed by atoms with E-state index < -0.39 is 24.2 Å². The molecule has 6 nitrogen and oxygen atoms in total. The molecule has 3 aromatic carbocycles. The van der Waals surface area contributed by atoms with Crippen LogP contribution in [0.4, 0.5) is 5.69 Å². The first-order valence-corrected chi connectivity index (χ1v) is 11.2. The smallest absolute Gasteiger partial charge is 0.317 e. The molecular formula is C25H22Cl2N2O4. The first kappa shape index (κ1) is 23.3. The van der Waals surface area contributed by atoms with Crippen molar-refractivity contribution >= 4 is 40.8 Å². The van der Waals surface area contributed by atoms with E-state index in [0.717, 1.165) is 5.56 Å². The molecule has 0 bridgehead atoms. The van der Waals surface area contributed by atoms with Gasteiger partial charge in [-0.25, -0.2) is 0 Å². The van der Waals surface area contributed by atoms with E-state index in [9.17, 15) is 14.7 Å². The summed E-state index contributed by atoms with van der Waals surface area (Å²) in [6.45, 7) is -0.319. The molecule has 1 amide bonds. The minimum absolute atomic E-state index is 0.319.